The molecule has 0 saturated heterocycles. The van der Waals surface area contributed by atoms with E-state index in [4.69, 9.17) is 11.6 Å². The fraction of sp³-hybridized carbons (Fsp3) is 0.600. The van der Waals surface area contributed by atoms with Gasteiger partial charge < -0.3 is 5.11 Å². The molecule has 0 fully saturated rings. The zero-order chi connectivity index (χ0) is 13.5. The number of unbranched alkanes of at least 4 members (excludes halogenated alkanes) is 4. The molecular weight excluding hydrogens is 251 g/mol. The molecule has 0 bridgehead atoms. The van der Waals surface area contributed by atoms with Gasteiger partial charge in [0, 0.05) is 5.56 Å². The zero-order valence-corrected chi connectivity index (χ0v) is 11.9. The highest BCUT2D eigenvalue weighted by Gasteiger charge is 2.17. The molecule has 0 heterocycles. The van der Waals surface area contributed by atoms with Crippen LogP contribution in [0, 0.1) is 12.7 Å². The minimum absolute atomic E-state index is 0.257. The molecule has 3 heteroatoms. The van der Waals surface area contributed by atoms with E-state index in [9.17, 15) is 9.50 Å². The quantitative estimate of drug-likeness (QED) is 0.678. The van der Waals surface area contributed by atoms with Crippen molar-refractivity contribution in [1.29, 1.82) is 0 Å². The first-order chi connectivity index (χ1) is 8.57. The number of aryl methyl sites for hydroxylation is 1. The Morgan fingerprint density at radius 3 is 2.56 bits per heavy atom. The lowest BCUT2D eigenvalue weighted by Crippen LogP contribution is -2.03. The maximum Gasteiger partial charge on any atom is 0.130 e. The van der Waals surface area contributed by atoms with Crippen LogP contribution >= 0.6 is 11.6 Å². The van der Waals surface area contributed by atoms with E-state index in [0.717, 1.165) is 18.4 Å². The molecular formula is C15H22ClFO. The van der Waals surface area contributed by atoms with Crippen LogP contribution in [-0.2, 0) is 0 Å². The summed E-state index contributed by atoms with van der Waals surface area (Å²) in [7, 11) is 0. The summed E-state index contributed by atoms with van der Waals surface area (Å²) in [5.41, 5.74) is 1.06. The van der Waals surface area contributed by atoms with Crippen LogP contribution < -0.4 is 0 Å². The number of hydrogen-bond acceptors (Lipinski definition) is 1. The Morgan fingerprint density at radius 1 is 1.22 bits per heavy atom. The molecule has 0 radical (unpaired) electrons. The Hall–Kier alpha value is -0.600. The second-order valence-electron chi connectivity index (χ2n) is 4.81. The Bertz CT molecular complexity index is 379. The maximum atomic E-state index is 13.7. The number of halogens is 2. The fourth-order valence-electron chi connectivity index (χ4n) is 2.07. The van der Waals surface area contributed by atoms with Gasteiger partial charge in [0.15, 0.2) is 0 Å². The van der Waals surface area contributed by atoms with Crippen molar-refractivity contribution in [2.75, 3.05) is 0 Å². The fourth-order valence-corrected chi connectivity index (χ4v) is 2.35. The van der Waals surface area contributed by atoms with Gasteiger partial charge >= 0.3 is 0 Å². The molecule has 18 heavy (non-hydrogen) atoms. The Morgan fingerprint density at radius 2 is 1.89 bits per heavy atom. The number of aliphatic hydroxyl groups is 1. The van der Waals surface area contributed by atoms with Crippen molar-refractivity contribution in [3.8, 4) is 0 Å². The van der Waals surface area contributed by atoms with Crippen molar-refractivity contribution in [3.63, 3.8) is 0 Å². The van der Waals surface area contributed by atoms with Gasteiger partial charge in [0.1, 0.15) is 5.82 Å². The standard InChI is InChI=1S/C15H22ClFO/c1-3-4-5-6-7-8-13(18)14-12(17)10-9-11(2)15(14)16/h9-10,13,18H,3-8H2,1-2H3. The smallest absolute Gasteiger partial charge is 0.130 e. The van der Waals surface area contributed by atoms with Crippen LogP contribution in [0.15, 0.2) is 12.1 Å². The van der Waals surface area contributed by atoms with E-state index in [-0.39, 0.29) is 5.56 Å². The van der Waals surface area contributed by atoms with E-state index in [1.54, 1.807) is 6.07 Å². The van der Waals surface area contributed by atoms with Crippen LogP contribution in [0.2, 0.25) is 5.02 Å². The predicted molar refractivity (Wildman–Crippen MR) is 74.5 cm³/mol. The molecule has 1 rings (SSSR count). The summed E-state index contributed by atoms with van der Waals surface area (Å²) in [6.07, 6.45) is 5.35. The third-order valence-electron chi connectivity index (χ3n) is 3.23. The summed E-state index contributed by atoms with van der Waals surface area (Å²) in [5, 5.41) is 10.4. The van der Waals surface area contributed by atoms with Crippen LogP contribution in [0.4, 0.5) is 4.39 Å². The highest BCUT2D eigenvalue weighted by molar-refractivity contribution is 6.32. The topological polar surface area (TPSA) is 20.2 Å². The normalized spacial score (nSPS) is 12.7. The first-order valence-electron chi connectivity index (χ1n) is 6.70. The molecule has 102 valence electrons. The minimum Gasteiger partial charge on any atom is -0.388 e. The van der Waals surface area contributed by atoms with Gasteiger partial charge in [0.25, 0.3) is 0 Å². The SMILES string of the molecule is CCCCCCCC(O)c1c(F)ccc(C)c1Cl. The molecule has 1 aromatic rings. The minimum atomic E-state index is -0.793. The van der Waals surface area contributed by atoms with Gasteiger partial charge in [-0.15, -0.1) is 0 Å². The number of aliphatic hydroxyl groups excluding tert-OH is 1. The molecule has 1 N–H and O–H groups in total. The summed E-state index contributed by atoms with van der Waals surface area (Å²) in [4.78, 5) is 0. The number of hydrogen-bond donors (Lipinski definition) is 1. The van der Waals surface area contributed by atoms with Gasteiger partial charge in [0.05, 0.1) is 11.1 Å². The highest BCUT2D eigenvalue weighted by Crippen LogP contribution is 2.31. The van der Waals surface area contributed by atoms with Crippen LogP contribution in [0.25, 0.3) is 0 Å². The predicted octanol–water partition coefficient (Wildman–Crippen LogP) is 5.18. The summed E-state index contributed by atoms with van der Waals surface area (Å²) in [6, 6.07) is 3.01. The van der Waals surface area contributed by atoms with Crippen molar-refractivity contribution < 1.29 is 9.50 Å². The van der Waals surface area contributed by atoms with Gasteiger partial charge in [0.2, 0.25) is 0 Å². The zero-order valence-electron chi connectivity index (χ0n) is 11.2. The van der Waals surface area contributed by atoms with Gasteiger partial charge in [-0.3, -0.25) is 0 Å². The molecule has 1 nitrogen and oxygen atoms in total. The third kappa shape index (κ3) is 4.25. The van der Waals surface area contributed by atoms with Crippen LogP contribution in [-0.4, -0.2) is 5.11 Å². The molecule has 1 unspecified atom stereocenters. The maximum absolute atomic E-state index is 13.7. The number of benzene rings is 1. The van der Waals surface area contributed by atoms with Crippen molar-refractivity contribution >= 4 is 11.6 Å². The lowest BCUT2D eigenvalue weighted by atomic mass is 10.00. The van der Waals surface area contributed by atoms with Gasteiger partial charge in [-0.1, -0.05) is 56.7 Å². The van der Waals surface area contributed by atoms with Gasteiger partial charge in [-0.05, 0) is 25.0 Å². The average Bonchev–Trinajstić information content (AvgIpc) is 2.34. The van der Waals surface area contributed by atoms with Crippen molar-refractivity contribution in [2.24, 2.45) is 0 Å². The Kier molecular flexibility index (Phi) is 6.66. The monoisotopic (exact) mass is 272 g/mol. The second kappa shape index (κ2) is 7.75. The van der Waals surface area contributed by atoms with Crippen molar-refractivity contribution in [3.05, 3.63) is 34.1 Å². The Labute approximate surface area is 114 Å². The molecule has 0 aromatic heterocycles. The van der Waals surface area contributed by atoms with E-state index < -0.39 is 11.9 Å². The van der Waals surface area contributed by atoms with Gasteiger partial charge in [-0.2, -0.15) is 0 Å². The molecule has 1 aromatic carbocycles. The van der Waals surface area contributed by atoms with E-state index in [2.05, 4.69) is 6.92 Å². The molecule has 0 aliphatic carbocycles. The Balaban J connectivity index is 2.56. The molecule has 0 amide bonds. The second-order valence-corrected chi connectivity index (χ2v) is 5.19. The summed E-state index contributed by atoms with van der Waals surface area (Å²) in [5.74, 6) is -0.411. The van der Waals surface area contributed by atoms with Crippen molar-refractivity contribution in [1.82, 2.24) is 0 Å². The molecule has 0 aliphatic heterocycles. The average molecular weight is 273 g/mol. The first-order valence-corrected chi connectivity index (χ1v) is 7.08. The largest absolute Gasteiger partial charge is 0.388 e. The number of rotatable bonds is 7. The molecule has 0 aliphatic rings. The van der Waals surface area contributed by atoms with E-state index in [1.807, 2.05) is 6.92 Å². The van der Waals surface area contributed by atoms with E-state index in [0.29, 0.717) is 11.4 Å². The van der Waals surface area contributed by atoms with E-state index in [1.165, 1.54) is 25.3 Å². The van der Waals surface area contributed by atoms with Crippen LogP contribution in [0.5, 0.6) is 0 Å². The van der Waals surface area contributed by atoms with E-state index >= 15 is 0 Å². The molecule has 0 saturated carbocycles. The molecule has 1 atom stereocenters. The lowest BCUT2D eigenvalue weighted by molar-refractivity contribution is 0.159. The van der Waals surface area contributed by atoms with Crippen molar-refractivity contribution in [2.45, 2.75) is 58.5 Å². The first kappa shape index (κ1) is 15.5. The van der Waals surface area contributed by atoms with Crippen LogP contribution in [0.1, 0.15) is 62.7 Å². The third-order valence-corrected chi connectivity index (χ3v) is 3.74. The summed E-state index contributed by atoms with van der Waals surface area (Å²) in [6.45, 7) is 3.98. The molecule has 0 spiro atoms. The summed E-state index contributed by atoms with van der Waals surface area (Å²) < 4.78 is 13.7. The van der Waals surface area contributed by atoms with Gasteiger partial charge in [-0.25, -0.2) is 4.39 Å². The lowest BCUT2D eigenvalue weighted by Gasteiger charge is -2.15. The van der Waals surface area contributed by atoms with Crippen LogP contribution in [0.3, 0.4) is 0 Å². The summed E-state index contributed by atoms with van der Waals surface area (Å²) >= 11 is 6.06. The highest BCUT2D eigenvalue weighted by atomic mass is 35.5.